The van der Waals surface area contributed by atoms with E-state index in [9.17, 15) is 13.2 Å². The van der Waals surface area contributed by atoms with Crippen LogP contribution >= 0.6 is 11.8 Å². The maximum atomic E-state index is 12.7. The number of hydrogen-bond donors (Lipinski definition) is 3. The van der Waals surface area contributed by atoms with Crippen LogP contribution in [0.25, 0.3) is 0 Å². The lowest BCUT2D eigenvalue weighted by atomic mass is 10.2. The zero-order valence-electron chi connectivity index (χ0n) is 10.9. The highest BCUT2D eigenvalue weighted by Gasteiger charge is 2.36. The fourth-order valence-corrected chi connectivity index (χ4v) is 3.22. The molecule has 2 atom stereocenters. The van der Waals surface area contributed by atoms with E-state index in [0.29, 0.717) is 5.25 Å². The van der Waals surface area contributed by atoms with Crippen molar-refractivity contribution in [1.82, 2.24) is 9.97 Å². The molecule has 0 aliphatic heterocycles. The Kier molecular flexibility index (Phi) is 4.59. The van der Waals surface area contributed by atoms with Gasteiger partial charge in [0.15, 0.2) is 0 Å². The summed E-state index contributed by atoms with van der Waals surface area (Å²) >= 11 is 1.71. The molecule has 5 nitrogen and oxygen atoms in total. The predicted molar refractivity (Wildman–Crippen MR) is 73.4 cm³/mol. The molecule has 1 aliphatic rings. The van der Waals surface area contributed by atoms with Crippen molar-refractivity contribution >= 4 is 23.4 Å². The number of rotatable bonds is 4. The number of aromatic nitrogens is 2. The summed E-state index contributed by atoms with van der Waals surface area (Å²) in [6.07, 6.45) is 0.430. The monoisotopic (exact) mass is 307 g/mol. The van der Waals surface area contributed by atoms with Crippen LogP contribution in [0.1, 0.15) is 25.1 Å². The molecule has 0 saturated heterocycles. The van der Waals surface area contributed by atoms with Crippen molar-refractivity contribution in [2.45, 2.75) is 36.7 Å². The number of nitrogens with one attached hydrogen (secondary N) is 2. The van der Waals surface area contributed by atoms with Crippen molar-refractivity contribution in [1.29, 1.82) is 0 Å². The minimum Gasteiger partial charge on any atom is -0.366 e. The standard InChI is InChI=1S/C11H16F3N5S/c1-20-7-4-2-3-6(7)16-8-5-9(19-15)18-10(17-8)11(12,13)14/h5-7H,2-4,15H2,1H3,(H2,16,17,18,19). The third-order valence-corrected chi connectivity index (χ3v) is 4.39. The molecule has 0 amide bonds. The molecular weight excluding hydrogens is 291 g/mol. The van der Waals surface area contributed by atoms with E-state index in [1.165, 1.54) is 6.07 Å². The number of alkyl halides is 3. The van der Waals surface area contributed by atoms with Crippen LogP contribution in [0.5, 0.6) is 0 Å². The van der Waals surface area contributed by atoms with Crippen molar-refractivity contribution < 1.29 is 13.2 Å². The predicted octanol–water partition coefficient (Wildman–Crippen LogP) is 2.48. The van der Waals surface area contributed by atoms with Crippen LogP contribution in [-0.2, 0) is 6.18 Å². The summed E-state index contributed by atoms with van der Waals surface area (Å²) in [6, 6.07) is 1.50. The van der Waals surface area contributed by atoms with Gasteiger partial charge in [-0.3, -0.25) is 0 Å². The SMILES string of the molecule is CSC1CCCC1Nc1cc(NN)nc(C(F)(F)F)n1. The van der Waals surface area contributed by atoms with Crippen molar-refractivity contribution in [3.63, 3.8) is 0 Å². The van der Waals surface area contributed by atoms with Gasteiger partial charge < -0.3 is 10.7 Å². The smallest absolute Gasteiger partial charge is 0.366 e. The summed E-state index contributed by atoms with van der Waals surface area (Å²) in [5.74, 6) is 4.04. The average Bonchev–Trinajstić information content (AvgIpc) is 2.84. The zero-order valence-corrected chi connectivity index (χ0v) is 11.7. The molecule has 20 heavy (non-hydrogen) atoms. The number of hydrazine groups is 1. The fraction of sp³-hybridized carbons (Fsp3) is 0.636. The van der Waals surface area contributed by atoms with E-state index in [2.05, 4.69) is 20.7 Å². The van der Waals surface area contributed by atoms with Crippen LogP contribution in [0, 0.1) is 0 Å². The van der Waals surface area contributed by atoms with E-state index in [1.807, 2.05) is 6.26 Å². The van der Waals surface area contributed by atoms with Gasteiger partial charge in [-0.1, -0.05) is 6.42 Å². The minimum absolute atomic E-state index is 0.0616. The second-order valence-corrected chi connectivity index (χ2v) is 5.64. The zero-order chi connectivity index (χ0) is 14.8. The molecule has 4 N–H and O–H groups in total. The lowest BCUT2D eigenvalue weighted by molar-refractivity contribution is -0.144. The molecule has 112 valence electrons. The van der Waals surface area contributed by atoms with E-state index in [0.717, 1.165) is 19.3 Å². The molecule has 0 radical (unpaired) electrons. The van der Waals surface area contributed by atoms with Gasteiger partial charge in [0.1, 0.15) is 11.6 Å². The first-order valence-corrected chi connectivity index (χ1v) is 7.45. The highest BCUT2D eigenvalue weighted by Crippen LogP contribution is 2.32. The van der Waals surface area contributed by atoms with Gasteiger partial charge in [0.05, 0.1) is 0 Å². The van der Waals surface area contributed by atoms with E-state index in [1.54, 1.807) is 11.8 Å². The van der Waals surface area contributed by atoms with E-state index in [4.69, 9.17) is 5.84 Å². The number of nitrogen functional groups attached to an aromatic ring is 1. The Balaban J connectivity index is 2.22. The number of anilines is 2. The lowest BCUT2D eigenvalue weighted by Crippen LogP contribution is -2.27. The summed E-state index contributed by atoms with van der Waals surface area (Å²) < 4.78 is 38.1. The van der Waals surface area contributed by atoms with Gasteiger partial charge in [-0.05, 0) is 19.1 Å². The molecule has 1 aliphatic carbocycles. The fourth-order valence-electron chi connectivity index (χ4n) is 2.29. The quantitative estimate of drug-likeness (QED) is 0.586. The van der Waals surface area contributed by atoms with Crippen LogP contribution in [0.2, 0.25) is 0 Å². The molecule has 2 rings (SSSR count). The molecule has 1 fully saturated rings. The van der Waals surface area contributed by atoms with Gasteiger partial charge in [-0.2, -0.15) is 24.9 Å². The molecule has 0 spiro atoms. The Morgan fingerprint density at radius 1 is 1.30 bits per heavy atom. The van der Waals surface area contributed by atoms with Gasteiger partial charge >= 0.3 is 6.18 Å². The summed E-state index contributed by atoms with van der Waals surface area (Å²) in [5, 5.41) is 3.44. The normalized spacial score (nSPS) is 22.9. The maximum Gasteiger partial charge on any atom is 0.451 e. The van der Waals surface area contributed by atoms with Crippen molar-refractivity contribution in [3.8, 4) is 0 Å². The van der Waals surface area contributed by atoms with Crippen LogP contribution < -0.4 is 16.6 Å². The topological polar surface area (TPSA) is 75.9 Å². The number of halogens is 3. The van der Waals surface area contributed by atoms with Crippen molar-refractivity contribution in [3.05, 3.63) is 11.9 Å². The summed E-state index contributed by atoms with van der Waals surface area (Å²) in [6.45, 7) is 0. The lowest BCUT2D eigenvalue weighted by Gasteiger charge is -2.20. The Morgan fingerprint density at radius 2 is 2.00 bits per heavy atom. The average molecular weight is 307 g/mol. The van der Waals surface area contributed by atoms with Gasteiger partial charge in [-0.15, -0.1) is 0 Å². The van der Waals surface area contributed by atoms with E-state index >= 15 is 0 Å². The molecule has 0 aromatic carbocycles. The van der Waals surface area contributed by atoms with Crippen LogP contribution in [0.3, 0.4) is 0 Å². The second-order valence-electron chi connectivity index (χ2n) is 4.56. The molecular formula is C11H16F3N5S. The Labute approximate surface area is 118 Å². The first kappa shape index (κ1) is 15.2. The number of nitrogens with zero attached hydrogens (tertiary/aromatic N) is 2. The third-order valence-electron chi connectivity index (χ3n) is 3.22. The Morgan fingerprint density at radius 3 is 2.60 bits per heavy atom. The first-order valence-electron chi connectivity index (χ1n) is 6.16. The summed E-state index contributed by atoms with van der Waals surface area (Å²) in [4.78, 5) is 6.85. The highest BCUT2D eigenvalue weighted by atomic mass is 32.2. The van der Waals surface area contributed by atoms with Crippen molar-refractivity contribution in [2.75, 3.05) is 17.0 Å². The van der Waals surface area contributed by atoms with Crippen LogP contribution in [0.4, 0.5) is 24.8 Å². The van der Waals surface area contributed by atoms with Gasteiger partial charge in [-0.25, -0.2) is 15.8 Å². The Bertz CT molecular complexity index is 468. The summed E-state index contributed by atoms with van der Waals surface area (Å²) in [5.41, 5.74) is 2.13. The van der Waals surface area contributed by atoms with Gasteiger partial charge in [0.2, 0.25) is 5.82 Å². The molecule has 1 aromatic rings. The summed E-state index contributed by atoms with van der Waals surface area (Å²) in [7, 11) is 0. The maximum absolute atomic E-state index is 12.7. The number of hydrogen-bond acceptors (Lipinski definition) is 6. The van der Waals surface area contributed by atoms with E-state index < -0.39 is 12.0 Å². The highest BCUT2D eigenvalue weighted by molar-refractivity contribution is 7.99. The minimum atomic E-state index is -4.60. The molecule has 1 aromatic heterocycles. The third kappa shape index (κ3) is 3.45. The van der Waals surface area contributed by atoms with Crippen molar-refractivity contribution in [2.24, 2.45) is 5.84 Å². The molecule has 1 saturated carbocycles. The Hall–Kier alpha value is -1.22. The van der Waals surface area contributed by atoms with Gasteiger partial charge in [0.25, 0.3) is 0 Å². The first-order chi connectivity index (χ1) is 9.44. The second kappa shape index (κ2) is 6.04. The van der Waals surface area contributed by atoms with Crippen LogP contribution in [-0.4, -0.2) is 27.5 Å². The largest absolute Gasteiger partial charge is 0.451 e. The number of thioether (sulfide) groups is 1. The van der Waals surface area contributed by atoms with E-state index in [-0.39, 0.29) is 17.7 Å². The molecule has 2 unspecified atom stereocenters. The molecule has 9 heteroatoms. The van der Waals surface area contributed by atoms with Crippen LogP contribution in [0.15, 0.2) is 6.07 Å². The number of nitrogens with two attached hydrogens (primary N) is 1. The molecule has 0 bridgehead atoms. The van der Waals surface area contributed by atoms with Gasteiger partial charge in [0, 0.05) is 17.4 Å². The molecule has 1 heterocycles.